The molecule has 0 amide bonds. The highest BCUT2D eigenvalue weighted by atomic mass is 19.2. The second-order valence-corrected chi connectivity index (χ2v) is 6.03. The monoisotopic (exact) mass is 282 g/mol. The van der Waals surface area contributed by atoms with Gasteiger partial charge in [-0.25, -0.2) is 8.78 Å². The van der Waals surface area contributed by atoms with Crippen LogP contribution in [0.5, 0.6) is 0 Å². The van der Waals surface area contributed by atoms with E-state index in [4.69, 9.17) is 5.73 Å². The summed E-state index contributed by atoms with van der Waals surface area (Å²) in [6.07, 6.45) is 5.56. The summed E-state index contributed by atoms with van der Waals surface area (Å²) in [5, 5.41) is 0. The van der Waals surface area contributed by atoms with E-state index in [0.29, 0.717) is 13.0 Å². The predicted molar refractivity (Wildman–Crippen MR) is 77.6 cm³/mol. The fraction of sp³-hybridized carbons (Fsp3) is 0.625. The van der Waals surface area contributed by atoms with Crippen LogP contribution in [0.15, 0.2) is 18.2 Å². The van der Waals surface area contributed by atoms with Gasteiger partial charge in [0.1, 0.15) is 0 Å². The molecule has 20 heavy (non-hydrogen) atoms. The van der Waals surface area contributed by atoms with Crippen molar-refractivity contribution < 1.29 is 8.78 Å². The number of nitrogens with two attached hydrogens (primary N) is 1. The highest BCUT2D eigenvalue weighted by Crippen LogP contribution is 2.24. The Morgan fingerprint density at radius 2 is 1.75 bits per heavy atom. The summed E-state index contributed by atoms with van der Waals surface area (Å²) >= 11 is 0. The Kier molecular flexibility index (Phi) is 5.11. The molecule has 0 radical (unpaired) electrons. The average Bonchev–Trinajstić information content (AvgIpc) is 2.72. The zero-order valence-electron chi connectivity index (χ0n) is 12.2. The number of rotatable bonds is 4. The summed E-state index contributed by atoms with van der Waals surface area (Å²) in [5.74, 6) is -1.57. The number of hydrogen-bond donors (Lipinski definition) is 1. The number of hydrogen-bond acceptors (Lipinski definition) is 2. The van der Waals surface area contributed by atoms with E-state index in [0.717, 1.165) is 18.7 Å². The molecule has 1 heterocycles. The molecule has 1 aromatic rings. The molecule has 1 fully saturated rings. The van der Waals surface area contributed by atoms with Crippen LogP contribution in [0.4, 0.5) is 8.78 Å². The Labute approximate surface area is 120 Å². The summed E-state index contributed by atoms with van der Waals surface area (Å²) in [6, 6.07) is 4.15. The summed E-state index contributed by atoms with van der Waals surface area (Å²) in [6.45, 7) is 4.72. The van der Waals surface area contributed by atoms with Crippen LogP contribution in [0.3, 0.4) is 0 Å². The third kappa shape index (κ3) is 3.55. The van der Waals surface area contributed by atoms with Gasteiger partial charge in [-0.05, 0) is 57.0 Å². The van der Waals surface area contributed by atoms with Gasteiger partial charge in [0.05, 0.1) is 0 Å². The second kappa shape index (κ2) is 6.64. The van der Waals surface area contributed by atoms with Crippen molar-refractivity contribution in [3.05, 3.63) is 35.4 Å². The second-order valence-electron chi connectivity index (χ2n) is 6.03. The van der Waals surface area contributed by atoms with Crippen molar-refractivity contribution in [3.8, 4) is 0 Å². The van der Waals surface area contributed by atoms with Crippen LogP contribution in [0.1, 0.15) is 38.2 Å². The van der Waals surface area contributed by atoms with Gasteiger partial charge in [0.15, 0.2) is 11.6 Å². The van der Waals surface area contributed by atoms with Crippen LogP contribution >= 0.6 is 0 Å². The minimum absolute atomic E-state index is 0.186. The number of halogens is 2. The quantitative estimate of drug-likeness (QED) is 0.919. The average molecular weight is 282 g/mol. The van der Waals surface area contributed by atoms with Crippen LogP contribution in [-0.4, -0.2) is 30.1 Å². The van der Waals surface area contributed by atoms with Crippen molar-refractivity contribution in [1.82, 2.24) is 4.90 Å². The molecule has 1 saturated heterocycles. The van der Waals surface area contributed by atoms with Gasteiger partial charge in [-0.2, -0.15) is 0 Å². The fourth-order valence-electron chi connectivity index (χ4n) is 3.01. The van der Waals surface area contributed by atoms with Gasteiger partial charge in [-0.1, -0.05) is 18.9 Å². The fourth-order valence-corrected chi connectivity index (χ4v) is 3.01. The van der Waals surface area contributed by atoms with Gasteiger partial charge in [-0.3, -0.25) is 4.90 Å². The normalized spacial score (nSPS) is 20.4. The molecule has 1 aromatic carbocycles. The largest absolute Gasteiger partial charge is 0.329 e. The Bertz CT molecular complexity index is 442. The SMILES string of the molecule is CC(CN)(Cc1ccc(F)c(F)c1)N1CCCCCC1. The zero-order valence-corrected chi connectivity index (χ0v) is 12.2. The van der Waals surface area contributed by atoms with Gasteiger partial charge in [0.25, 0.3) is 0 Å². The van der Waals surface area contributed by atoms with Crippen molar-refractivity contribution in [2.75, 3.05) is 19.6 Å². The maximum atomic E-state index is 13.3. The van der Waals surface area contributed by atoms with Crippen LogP contribution in [0.25, 0.3) is 0 Å². The van der Waals surface area contributed by atoms with E-state index >= 15 is 0 Å². The first-order valence-corrected chi connectivity index (χ1v) is 7.44. The molecule has 0 saturated carbocycles. The minimum atomic E-state index is -0.794. The van der Waals surface area contributed by atoms with Crippen LogP contribution in [0.2, 0.25) is 0 Å². The molecule has 1 aliphatic rings. The molecule has 0 bridgehead atoms. The van der Waals surface area contributed by atoms with E-state index in [-0.39, 0.29) is 5.54 Å². The molecular weight excluding hydrogens is 258 g/mol. The van der Waals surface area contributed by atoms with Crippen LogP contribution in [0, 0.1) is 11.6 Å². The maximum Gasteiger partial charge on any atom is 0.159 e. The molecule has 2 rings (SSSR count). The minimum Gasteiger partial charge on any atom is -0.329 e. The lowest BCUT2D eigenvalue weighted by Gasteiger charge is -2.40. The summed E-state index contributed by atoms with van der Waals surface area (Å²) in [5.41, 5.74) is 6.62. The summed E-state index contributed by atoms with van der Waals surface area (Å²) in [4.78, 5) is 2.42. The Morgan fingerprint density at radius 1 is 1.10 bits per heavy atom. The molecule has 4 heteroatoms. The van der Waals surface area contributed by atoms with E-state index in [9.17, 15) is 8.78 Å². The van der Waals surface area contributed by atoms with Crippen molar-refractivity contribution in [1.29, 1.82) is 0 Å². The molecule has 1 atom stereocenters. The first-order chi connectivity index (χ1) is 9.55. The van der Waals surface area contributed by atoms with E-state index in [1.54, 1.807) is 6.07 Å². The van der Waals surface area contributed by atoms with Crippen molar-refractivity contribution in [3.63, 3.8) is 0 Å². The first kappa shape index (κ1) is 15.4. The molecular formula is C16H24F2N2. The third-order valence-corrected chi connectivity index (χ3v) is 4.38. The van der Waals surface area contributed by atoms with Gasteiger partial charge in [0, 0.05) is 12.1 Å². The molecule has 0 aliphatic carbocycles. The predicted octanol–water partition coefficient (Wildman–Crippen LogP) is 3.10. The van der Waals surface area contributed by atoms with Crippen molar-refractivity contribution in [2.24, 2.45) is 5.73 Å². The molecule has 0 aromatic heterocycles. The van der Waals surface area contributed by atoms with E-state index in [2.05, 4.69) is 11.8 Å². The van der Waals surface area contributed by atoms with Crippen LogP contribution in [-0.2, 0) is 6.42 Å². The Morgan fingerprint density at radius 3 is 2.30 bits per heavy atom. The molecule has 2 nitrogen and oxygen atoms in total. The van der Waals surface area contributed by atoms with Gasteiger partial charge < -0.3 is 5.73 Å². The molecule has 0 spiro atoms. The molecule has 112 valence electrons. The van der Waals surface area contributed by atoms with Gasteiger partial charge in [-0.15, -0.1) is 0 Å². The van der Waals surface area contributed by atoms with Gasteiger partial charge >= 0.3 is 0 Å². The molecule has 1 aliphatic heterocycles. The first-order valence-electron chi connectivity index (χ1n) is 7.44. The number of likely N-dealkylation sites (tertiary alicyclic amines) is 1. The summed E-state index contributed by atoms with van der Waals surface area (Å²) < 4.78 is 26.4. The Balaban J connectivity index is 2.14. The topological polar surface area (TPSA) is 29.3 Å². The molecule has 2 N–H and O–H groups in total. The third-order valence-electron chi connectivity index (χ3n) is 4.38. The van der Waals surface area contributed by atoms with Gasteiger partial charge in [0.2, 0.25) is 0 Å². The smallest absolute Gasteiger partial charge is 0.159 e. The summed E-state index contributed by atoms with van der Waals surface area (Å²) in [7, 11) is 0. The number of nitrogens with zero attached hydrogens (tertiary/aromatic N) is 1. The van der Waals surface area contributed by atoms with E-state index in [1.165, 1.54) is 37.8 Å². The number of benzene rings is 1. The highest BCUT2D eigenvalue weighted by molar-refractivity contribution is 5.20. The van der Waals surface area contributed by atoms with Crippen LogP contribution < -0.4 is 5.73 Å². The maximum absolute atomic E-state index is 13.3. The highest BCUT2D eigenvalue weighted by Gasteiger charge is 2.31. The van der Waals surface area contributed by atoms with Crippen molar-refractivity contribution >= 4 is 0 Å². The standard InChI is InChI=1S/C16H24F2N2/c1-16(12-19,20-8-4-2-3-5-9-20)11-13-6-7-14(17)15(18)10-13/h6-7,10H,2-5,8-9,11-12,19H2,1H3. The van der Waals surface area contributed by atoms with Crippen molar-refractivity contribution in [2.45, 2.75) is 44.6 Å². The lowest BCUT2D eigenvalue weighted by molar-refractivity contribution is 0.114. The lowest BCUT2D eigenvalue weighted by atomic mass is 9.90. The zero-order chi connectivity index (χ0) is 14.6. The van der Waals surface area contributed by atoms with E-state index in [1.807, 2.05) is 0 Å². The Hall–Kier alpha value is -1.00. The van der Waals surface area contributed by atoms with E-state index < -0.39 is 11.6 Å². The molecule has 1 unspecified atom stereocenters. The lowest BCUT2D eigenvalue weighted by Crippen LogP contribution is -2.53.